The van der Waals surface area contributed by atoms with Gasteiger partial charge in [-0.05, 0) is 50.5 Å². The highest BCUT2D eigenvalue weighted by atomic mass is 16.5. The van der Waals surface area contributed by atoms with Gasteiger partial charge in [0.25, 0.3) is 5.91 Å². The number of nitrogens with zero attached hydrogens (tertiary/aromatic N) is 4. The van der Waals surface area contributed by atoms with Crippen LogP contribution in [0.1, 0.15) is 26.2 Å². The summed E-state index contributed by atoms with van der Waals surface area (Å²) in [5, 5.41) is 5.77. The number of anilines is 3. The largest absolute Gasteiger partial charge is 0.379 e. The summed E-state index contributed by atoms with van der Waals surface area (Å²) < 4.78 is 11.3. The second-order valence-electron chi connectivity index (χ2n) is 9.52. The van der Waals surface area contributed by atoms with E-state index in [1.165, 1.54) is 0 Å². The van der Waals surface area contributed by atoms with E-state index in [9.17, 15) is 9.59 Å². The highest BCUT2D eigenvalue weighted by Crippen LogP contribution is 2.43. The lowest BCUT2D eigenvalue weighted by molar-refractivity contribution is -0.128. The van der Waals surface area contributed by atoms with Crippen LogP contribution in [0, 0.1) is 0 Å². The van der Waals surface area contributed by atoms with Gasteiger partial charge in [0.15, 0.2) is 11.6 Å². The minimum atomic E-state index is -0.817. The van der Waals surface area contributed by atoms with Crippen LogP contribution in [-0.2, 0) is 14.3 Å². The molecule has 3 amide bonds. The maximum Gasteiger partial charge on any atom is 0.319 e. The molecule has 34 heavy (non-hydrogen) atoms. The van der Waals surface area contributed by atoms with E-state index in [4.69, 9.17) is 14.5 Å². The number of carbonyl (C=O) groups is 2. The molecule has 6 rings (SSSR count). The molecule has 10 heteroatoms. The Bertz CT molecular complexity index is 1110. The number of hydrogen-bond acceptors (Lipinski definition) is 7. The first-order valence-corrected chi connectivity index (χ1v) is 11.8. The van der Waals surface area contributed by atoms with Crippen molar-refractivity contribution < 1.29 is 19.1 Å². The summed E-state index contributed by atoms with van der Waals surface area (Å²) in [5.74, 6) is 1.32. The number of hydrogen-bond donors (Lipinski definition) is 2. The molecular weight excluding hydrogens is 436 g/mol. The van der Waals surface area contributed by atoms with Crippen LogP contribution in [0.5, 0.6) is 0 Å². The summed E-state index contributed by atoms with van der Waals surface area (Å²) in [4.78, 5) is 39.1. The van der Waals surface area contributed by atoms with Crippen molar-refractivity contribution >= 4 is 29.1 Å². The fraction of sp³-hybridized carbons (Fsp3) is 0.500. The maximum atomic E-state index is 13.6. The van der Waals surface area contributed by atoms with Crippen molar-refractivity contribution in [2.24, 2.45) is 0 Å². The SMILES string of the molecule is CC12COCCN1c1nc(-c3ccc(NC(=O)NC4CC4)cc3)ncc1N(C1CCOC1)C2=O. The number of fused-ring (bicyclic) bond motifs is 3. The number of carbonyl (C=O) groups excluding carboxylic acids is 2. The summed E-state index contributed by atoms with van der Waals surface area (Å²) in [6, 6.07) is 7.55. The molecule has 0 spiro atoms. The maximum absolute atomic E-state index is 13.6. The molecule has 3 aliphatic heterocycles. The zero-order valence-electron chi connectivity index (χ0n) is 19.1. The van der Waals surface area contributed by atoms with Crippen molar-refractivity contribution in [3.63, 3.8) is 0 Å². The number of amides is 3. The van der Waals surface area contributed by atoms with Gasteiger partial charge < -0.3 is 29.9 Å². The molecular formula is C24H28N6O4. The standard InChI is InChI=1S/C24H28N6O4/c1-24-14-34-11-9-29(24)21-19(30(22(24)31)18-8-10-33-13-18)12-25-20(28-21)15-2-4-16(5-3-15)26-23(32)27-17-6-7-17/h2-5,12,17-18H,6-11,13-14H2,1H3,(H2,26,27,32). The van der Waals surface area contributed by atoms with E-state index in [1.807, 2.05) is 36.1 Å². The molecule has 1 aromatic carbocycles. The summed E-state index contributed by atoms with van der Waals surface area (Å²) in [5.41, 5.74) is 1.44. The zero-order chi connectivity index (χ0) is 23.3. The summed E-state index contributed by atoms with van der Waals surface area (Å²) in [6.45, 7) is 4.51. The molecule has 10 nitrogen and oxygen atoms in total. The second kappa shape index (κ2) is 8.21. The number of benzene rings is 1. The predicted octanol–water partition coefficient (Wildman–Crippen LogP) is 2.16. The zero-order valence-corrected chi connectivity index (χ0v) is 19.1. The third kappa shape index (κ3) is 3.67. The van der Waals surface area contributed by atoms with E-state index in [1.54, 1.807) is 6.20 Å². The van der Waals surface area contributed by atoms with Crippen molar-refractivity contribution in [3.8, 4) is 11.4 Å². The van der Waals surface area contributed by atoms with E-state index in [-0.39, 0.29) is 18.0 Å². The number of ether oxygens (including phenoxy) is 2. The molecule has 0 radical (unpaired) electrons. The molecule has 2 atom stereocenters. The van der Waals surface area contributed by atoms with Crippen LogP contribution in [0.2, 0.25) is 0 Å². The Kier molecular flexibility index (Phi) is 5.14. The van der Waals surface area contributed by atoms with E-state index < -0.39 is 5.54 Å². The lowest BCUT2D eigenvalue weighted by Gasteiger charge is -2.51. The van der Waals surface area contributed by atoms with Crippen LogP contribution >= 0.6 is 0 Å². The van der Waals surface area contributed by atoms with Crippen molar-refractivity contribution in [3.05, 3.63) is 30.5 Å². The number of aromatic nitrogens is 2. The van der Waals surface area contributed by atoms with E-state index in [0.717, 1.165) is 36.3 Å². The molecule has 2 saturated heterocycles. The summed E-state index contributed by atoms with van der Waals surface area (Å²) in [7, 11) is 0. The van der Waals surface area contributed by atoms with Crippen molar-refractivity contribution in [1.29, 1.82) is 0 Å². The van der Waals surface area contributed by atoms with Crippen molar-refractivity contribution in [2.75, 3.05) is 48.1 Å². The molecule has 4 heterocycles. The van der Waals surface area contributed by atoms with Gasteiger partial charge in [0.1, 0.15) is 11.2 Å². The van der Waals surface area contributed by atoms with Crippen LogP contribution in [0.15, 0.2) is 30.5 Å². The van der Waals surface area contributed by atoms with Crippen molar-refractivity contribution in [2.45, 2.75) is 43.8 Å². The first kappa shape index (κ1) is 21.3. The van der Waals surface area contributed by atoms with Gasteiger partial charge in [0.05, 0.1) is 32.1 Å². The Morgan fingerprint density at radius 3 is 2.71 bits per heavy atom. The topological polar surface area (TPSA) is 109 Å². The van der Waals surface area contributed by atoms with Crippen LogP contribution in [0.4, 0.5) is 22.0 Å². The van der Waals surface area contributed by atoms with Crippen LogP contribution in [0.25, 0.3) is 11.4 Å². The van der Waals surface area contributed by atoms with Crippen LogP contribution < -0.4 is 20.4 Å². The van der Waals surface area contributed by atoms with Gasteiger partial charge in [-0.15, -0.1) is 0 Å². The number of rotatable bonds is 4. The number of morpholine rings is 1. The van der Waals surface area contributed by atoms with Crippen molar-refractivity contribution in [1.82, 2.24) is 15.3 Å². The Morgan fingerprint density at radius 1 is 1.15 bits per heavy atom. The molecule has 4 aliphatic rings. The second-order valence-corrected chi connectivity index (χ2v) is 9.52. The van der Waals surface area contributed by atoms with Gasteiger partial charge in [-0.2, -0.15) is 0 Å². The molecule has 2 unspecified atom stereocenters. The smallest absolute Gasteiger partial charge is 0.319 e. The first-order valence-electron chi connectivity index (χ1n) is 11.8. The monoisotopic (exact) mass is 464 g/mol. The Morgan fingerprint density at radius 2 is 1.97 bits per heavy atom. The molecule has 3 fully saturated rings. The van der Waals surface area contributed by atoms with Gasteiger partial charge in [0.2, 0.25) is 0 Å². The first-order chi connectivity index (χ1) is 16.5. The van der Waals surface area contributed by atoms with Gasteiger partial charge in [-0.1, -0.05) is 0 Å². The molecule has 2 aromatic rings. The highest BCUT2D eigenvalue weighted by Gasteiger charge is 2.52. The highest BCUT2D eigenvalue weighted by molar-refractivity contribution is 6.08. The van der Waals surface area contributed by atoms with Gasteiger partial charge in [-0.25, -0.2) is 14.8 Å². The predicted molar refractivity (Wildman–Crippen MR) is 126 cm³/mol. The molecule has 1 aliphatic carbocycles. The number of urea groups is 1. The van der Waals surface area contributed by atoms with Gasteiger partial charge >= 0.3 is 6.03 Å². The summed E-state index contributed by atoms with van der Waals surface area (Å²) in [6.07, 6.45) is 4.62. The third-order valence-corrected chi connectivity index (χ3v) is 6.97. The van der Waals surface area contributed by atoms with Crippen LogP contribution in [0.3, 0.4) is 0 Å². The minimum absolute atomic E-state index is 0.00597. The molecule has 178 valence electrons. The fourth-order valence-corrected chi connectivity index (χ4v) is 4.88. The minimum Gasteiger partial charge on any atom is -0.379 e. The summed E-state index contributed by atoms with van der Waals surface area (Å²) >= 11 is 0. The molecule has 1 aromatic heterocycles. The van der Waals surface area contributed by atoms with Crippen LogP contribution in [-0.4, -0.2) is 72.5 Å². The quantitative estimate of drug-likeness (QED) is 0.714. The van der Waals surface area contributed by atoms with E-state index in [2.05, 4.69) is 20.5 Å². The lowest BCUT2D eigenvalue weighted by Crippen LogP contribution is -2.68. The lowest BCUT2D eigenvalue weighted by atomic mass is 9.92. The van der Waals surface area contributed by atoms with E-state index in [0.29, 0.717) is 50.5 Å². The fourth-order valence-electron chi connectivity index (χ4n) is 4.88. The van der Waals surface area contributed by atoms with Gasteiger partial charge in [0, 0.05) is 30.4 Å². The Balaban J connectivity index is 1.32. The van der Waals surface area contributed by atoms with Gasteiger partial charge in [-0.3, -0.25) is 4.79 Å². The average Bonchev–Trinajstić information content (AvgIpc) is 3.49. The number of nitrogens with one attached hydrogen (secondary N) is 2. The Labute approximate surface area is 197 Å². The Hall–Kier alpha value is -3.24. The molecule has 2 N–H and O–H groups in total. The molecule has 0 bridgehead atoms. The normalized spacial score (nSPS) is 26.1. The average molecular weight is 465 g/mol. The third-order valence-electron chi connectivity index (χ3n) is 6.97. The van der Waals surface area contributed by atoms with E-state index >= 15 is 0 Å². The molecule has 1 saturated carbocycles.